The molecule has 2 amide bonds. The van der Waals surface area contributed by atoms with Gasteiger partial charge in [-0.1, -0.05) is 0 Å². The third-order valence-electron chi connectivity index (χ3n) is 5.31. The van der Waals surface area contributed by atoms with Crippen molar-refractivity contribution in [3.05, 3.63) is 0 Å². The topological polar surface area (TPSA) is 80.7 Å². The molecule has 0 aromatic heterocycles. The highest BCUT2D eigenvalue weighted by molar-refractivity contribution is 14.0. The van der Waals surface area contributed by atoms with Gasteiger partial charge in [0.1, 0.15) is 6.54 Å². The van der Waals surface area contributed by atoms with Crippen LogP contribution >= 0.6 is 24.0 Å². The zero-order valence-corrected chi connectivity index (χ0v) is 21.1. The van der Waals surface area contributed by atoms with Crippen molar-refractivity contribution >= 4 is 41.8 Å². The monoisotopic (exact) mass is 538 g/mol. The molecule has 0 unspecified atom stereocenters. The number of nitrogens with one attached hydrogen (secondary N) is 1. The molecular formula is C20H39IN6O3. The van der Waals surface area contributed by atoms with Crippen LogP contribution in [-0.4, -0.2) is 124 Å². The van der Waals surface area contributed by atoms with E-state index in [1.807, 2.05) is 11.8 Å². The minimum absolute atomic E-state index is 0. The maximum absolute atomic E-state index is 12.4. The molecule has 2 rings (SSSR count). The SMILES string of the molecule is CCOCCCNC(=NCC(=O)N(C)C)N1CCN(CC(=O)N2CCCC2)CC1.I. The van der Waals surface area contributed by atoms with E-state index in [0.717, 1.165) is 77.6 Å². The molecule has 0 spiro atoms. The zero-order valence-electron chi connectivity index (χ0n) is 18.8. The summed E-state index contributed by atoms with van der Waals surface area (Å²) >= 11 is 0. The number of hydrogen-bond acceptors (Lipinski definition) is 5. The number of aliphatic imine (C=N–C) groups is 1. The number of piperazine rings is 1. The number of carbonyl (C=O) groups excluding carboxylic acids is 2. The first-order valence-electron chi connectivity index (χ1n) is 10.8. The molecular weight excluding hydrogens is 499 g/mol. The van der Waals surface area contributed by atoms with Crippen LogP contribution in [0.4, 0.5) is 0 Å². The fraction of sp³-hybridized carbons (Fsp3) is 0.850. The minimum atomic E-state index is -0.0199. The van der Waals surface area contributed by atoms with E-state index in [1.54, 1.807) is 19.0 Å². The molecule has 0 atom stereocenters. The third kappa shape index (κ3) is 9.34. The molecule has 0 aliphatic carbocycles. The molecule has 0 bridgehead atoms. The second-order valence-corrected chi connectivity index (χ2v) is 7.76. The molecule has 2 saturated heterocycles. The first kappa shape index (κ1) is 26.9. The Hall–Kier alpha value is -1.14. The highest BCUT2D eigenvalue weighted by Crippen LogP contribution is 2.09. The molecule has 2 heterocycles. The summed E-state index contributed by atoms with van der Waals surface area (Å²) in [7, 11) is 3.48. The summed E-state index contributed by atoms with van der Waals surface area (Å²) in [5.74, 6) is 0.992. The van der Waals surface area contributed by atoms with Crippen LogP contribution < -0.4 is 5.32 Å². The van der Waals surface area contributed by atoms with Gasteiger partial charge in [-0.05, 0) is 26.2 Å². The third-order valence-corrected chi connectivity index (χ3v) is 5.31. The lowest BCUT2D eigenvalue weighted by atomic mass is 10.3. The Morgan fingerprint density at radius 2 is 1.70 bits per heavy atom. The molecule has 30 heavy (non-hydrogen) atoms. The number of amides is 2. The minimum Gasteiger partial charge on any atom is -0.382 e. The Morgan fingerprint density at radius 3 is 2.30 bits per heavy atom. The highest BCUT2D eigenvalue weighted by atomic mass is 127. The summed E-state index contributed by atoms with van der Waals surface area (Å²) in [5, 5.41) is 3.37. The largest absolute Gasteiger partial charge is 0.382 e. The molecule has 2 aliphatic rings. The van der Waals surface area contributed by atoms with Crippen molar-refractivity contribution in [3.8, 4) is 0 Å². The van der Waals surface area contributed by atoms with Crippen molar-refractivity contribution < 1.29 is 14.3 Å². The lowest BCUT2D eigenvalue weighted by Crippen LogP contribution is -2.54. The number of rotatable bonds is 9. The fourth-order valence-electron chi connectivity index (χ4n) is 3.45. The van der Waals surface area contributed by atoms with Gasteiger partial charge >= 0.3 is 0 Å². The van der Waals surface area contributed by atoms with Gasteiger partial charge in [0.25, 0.3) is 0 Å². The number of likely N-dealkylation sites (N-methyl/N-ethyl adjacent to an activating group) is 1. The molecule has 1 N–H and O–H groups in total. The van der Waals surface area contributed by atoms with Crippen molar-refractivity contribution in [3.63, 3.8) is 0 Å². The molecule has 174 valence electrons. The van der Waals surface area contributed by atoms with Crippen LogP contribution in [-0.2, 0) is 14.3 Å². The van der Waals surface area contributed by atoms with Gasteiger partial charge in [0, 0.05) is 73.1 Å². The predicted molar refractivity (Wildman–Crippen MR) is 129 cm³/mol. The van der Waals surface area contributed by atoms with Crippen LogP contribution in [0, 0.1) is 0 Å². The second kappa shape index (κ2) is 14.8. The van der Waals surface area contributed by atoms with Crippen LogP contribution in [0.1, 0.15) is 26.2 Å². The molecule has 0 saturated carbocycles. The maximum Gasteiger partial charge on any atom is 0.243 e. The quantitative estimate of drug-likeness (QED) is 0.197. The lowest BCUT2D eigenvalue weighted by Gasteiger charge is -2.36. The Kier molecular flexibility index (Phi) is 13.3. The van der Waals surface area contributed by atoms with Crippen molar-refractivity contribution in [1.82, 2.24) is 24.9 Å². The van der Waals surface area contributed by atoms with Crippen LogP contribution in [0.15, 0.2) is 4.99 Å². The number of guanidine groups is 1. The Morgan fingerprint density at radius 1 is 1.03 bits per heavy atom. The number of halogens is 1. The Balaban J connectivity index is 0.00000450. The lowest BCUT2D eigenvalue weighted by molar-refractivity contribution is -0.131. The number of ether oxygens (including phenoxy) is 1. The fourth-order valence-corrected chi connectivity index (χ4v) is 3.45. The average molecular weight is 538 g/mol. The summed E-state index contributed by atoms with van der Waals surface area (Å²) in [6.07, 6.45) is 3.14. The molecule has 2 fully saturated rings. The summed E-state index contributed by atoms with van der Waals surface area (Å²) in [6.45, 7) is 9.83. The molecule has 9 nitrogen and oxygen atoms in total. The van der Waals surface area contributed by atoms with E-state index in [4.69, 9.17) is 4.74 Å². The standard InChI is InChI=1S/C20H38N6O3.HI/c1-4-29-15-7-8-21-20(22-16-18(27)23(2)3)26-13-11-24(12-14-26)17-19(28)25-9-5-6-10-25;/h4-17H2,1-3H3,(H,21,22);1H. The Bertz CT molecular complexity index is 547. The van der Waals surface area contributed by atoms with Crippen molar-refractivity contribution in [2.24, 2.45) is 4.99 Å². The van der Waals surface area contributed by atoms with Gasteiger partial charge in [-0.25, -0.2) is 4.99 Å². The smallest absolute Gasteiger partial charge is 0.243 e. The normalized spacial score (nSPS) is 17.6. The van der Waals surface area contributed by atoms with Gasteiger partial charge in [-0.2, -0.15) is 0 Å². The van der Waals surface area contributed by atoms with Crippen LogP contribution in [0.2, 0.25) is 0 Å². The zero-order chi connectivity index (χ0) is 21.1. The van der Waals surface area contributed by atoms with Crippen LogP contribution in [0.5, 0.6) is 0 Å². The average Bonchev–Trinajstić information content (AvgIpc) is 3.25. The predicted octanol–water partition coefficient (Wildman–Crippen LogP) is 0.305. The van der Waals surface area contributed by atoms with E-state index < -0.39 is 0 Å². The van der Waals surface area contributed by atoms with E-state index in [2.05, 4.69) is 20.1 Å². The van der Waals surface area contributed by atoms with Gasteiger partial charge < -0.3 is 24.8 Å². The van der Waals surface area contributed by atoms with Gasteiger partial charge in [0.2, 0.25) is 11.8 Å². The van der Waals surface area contributed by atoms with Gasteiger partial charge in [-0.15, -0.1) is 24.0 Å². The van der Waals surface area contributed by atoms with E-state index in [9.17, 15) is 9.59 Å². The summed E-state index contributed by atoms with van der Waals surface area (Å²) in [6, 6.07) is 0. The molecule has 0 radical (unpaired) electrons. The van der Waals surface area contributed by atoms with Crippen molar-refractivity contribution in [2.45, 2.75) is 26.2 Å². The highest BCUT2D eigenvalue weighted by Gasteiger charge is 2.24. The summed E-state index contributed by atoms with van der Waals surface area (Å²) in [5.41, 5.74) is 0. The number of nitrogens with zero attached hydrogens (tertiary/aromatic N) is 5. The van der Waals surface area contributed by atoms with E-state index in [0.29, 0.717) is 13.2 Å². The van der Waals surface area contributed by atoms with E-state index >= 15 is 0 Å². The van der Waals surface area contributed by atoms with Gasteiger partial charge in [0.15, 0.2) is 5.96 Å². The molecule has 0 aromatic rings. The Labute approximate surface area is 198 Å². The number of hydrogen-bond donors (Lipinski definition) is 1. The van der Waals surface area contributed by atoms with Crippen LogP contribution in [0.3, 0.4) is 0 Å². The van der Waals surface area contributed by atoms with Gasteiger partial charge in [0.05, 0.1) is 6.54 Å². The first-order valence-corrected chi connectivity index (χ1v) is 10.8. The maximum atomic E-state index is 12.4. The van der Waals surface area contributed by atoms with E-state index in [1.165, 1.54) is 0 Å². The molecule has 2 aliphatic heterocycles. The van der Waals surface area contributed by atoms with E-state index in [-0.39, 0.29) is 42.3 Å². The first-order chi connectivity index (χ1) is 14.0. The summed E-state index contributed by atoms with van der Waals surface area (Å²) < 4.78 is 5.39. The summed E-state index contributed by atoms with van der Waals surface area (Å²) in [4.78, 5) is 36.8. The van der Waals surface area contributed by atoms with Crippen molar-refractivity contribution in [1.29, 1.82) is 0 Å². The van der Waals surface area contributed by atoms with Gasteiger partial charge in [-0.3, -0.25) is 14.5 Å². The van der Waals surface area contributed by atoms with Crippen molar-refractivity contribution in [2.75, 3.05) is 86.2 Å². The number of likely N-dealkylation sites (tertiary alicyclic amines) is 1. The molecule has 10 heteroatoms. The number of carbonyl (C=O) groups is 2. The second-order valence-electron chi connectivity index (χ2n) is 7.76. The molecule has 0 aromatic carbocycles. The van der Waals surface area contributed by atoms with Crippen LogP contribution in [0.25, 0.3) is 0 Å².